The third-order valence-corrected chi connectivity index (χ3v) is 3.00. The van der Waals surface area contributed by atoms with Crippen molar-refractivity contribution in [3.63, 3.8) is 0 Å². The number of carbonyl (C=O) groups excluding carboxylic acids is 1. The van der Waals surface area contributed by atoms with Gasteiger partial charge in [0.25, 0.3) is 0 Å². The summed E-state index contributed by atoms with van der Waals surface area (Å²) in [5.74, 6) is 0.577. The third-order valence-electron chi connectivity index (χ3n) is 2.80. The van der Waals surface area contributed by atoms with Crippen LogP contribution >= 0.6 is 11.6 Å². The highest BCUT2D eigenvalue weighted by molar-refractivity contribution is 6.30. The lowest BCUT2D eigenvalue weighted by Crippen LogP contribution is -2.43. The lowest BCUT2D eigenvalue weighted by atomic mass is 9.86. The molecular formula is C10H18ClNO. The van der Waals surface area contributed by atoms with Gasteiger partial charge in [0.05, 0.1) is 0 Å². The molecule has 1 aliphatic rings. The van der Waals surface area contributed by atoms with Gasteiger partial charge in [-0.2, -0.15) is 0 Å². The normalized spacial score (nSPS) is 31.0. The maximum atomic E-state index is 11.3. The first-order valence-electron chi connectivity index (χ1n) is 5.05. The van der Waals surface area contributed by atoms with Crippen molar-refractivity contribution in [1.82, 2.24) is 5.32 Å². The van der Waals surface area contributed by atoms with Crippen molar-refractivity contribution in [2.45, 2.75) is 50.9 Å². The number of nitrogens with one attached hydrogen (secondary N) is 1. The second-order valence-electron chi connectivity index (χ2n) is 3.99. The van der Waals surface area contributed by atoms with Crippen LogP contribution in [-0.2, 0) is 4.79 Å². The molecule has 13 heavy (non-hydrogen) atoms. The number of alkyl halides is 1. The molecule has 0 aromatic carbocycles. The molecule has 76 valence electrons. The van der Waals surface area contributed by atoms with Gasteiger partial charge in [0.2, 0.25) is 5.91 Å². The predicted molar refractivity (Wildman–Crippen MR) is 54.9 cm³/mol. The molecule has 1 saturated carbocycles. The van der Waals surface area contributed by atoms with Crippen LogP contribution in [0.3, 0.4) is 0 Å². The maximum Gasteiger partial charge on any atom is 0.237 e. The summed E-state index contributed by atoms with van der Waals surface area (Å²) < 4.78 is 0. The zero-order valence-corrected chi connectivity index (χ0v) is 9.10. The third kappa shape index (κ3) is 3.18. The zero-order valence-electron chi connectivity index (χ0n) is 8.35. The van der Waals surface area contributed by atoms with Crippen LogP contribution in [0.4, 0.5) is 0 Å². The monoisotopic (exact) mass is 203 g/mol. The van der Waals surface area contributed by atoms with Crippen LogP contribution < -0.4 is 5.32 Å². The van der Waals surface area contributed by atoms with E-state index in [1.165, 1.54) is 19.3 Å². The molecule has 3 heteroatoms. The van der Waals surface area contributed by atoms with Gasteiger partial charge in [-0.1, -0.05) is 19.8 Å². The Balaban J connectivity index is 2.38. The number of hydrogen-bond donors (Lipinski definition) is 1. The molecule has 1 fully saturated rings. The summed E-state index contributed by atoms with van der Waals surface area (Å²) in [5, 5.41) is 2.59. The molecule has 0 aromatic heterocycles. The Bertz CT molecular complexity index is 182. The Labute approximate surface area is 85.0 Å². The van der Waals surface area contributed by atoms with Crippen molar-refractivity contribution in [2.24, 2.45) is 5.92 Å². The van der Waals surface area contributed by atoms with Crippen LogP contribution in [0, 0.1) is 5.92 Å². The van der Waals surface area contributed by atoms with E-state index < -0.39 is 5.38 Å². The van der Waals surface area contributed by atoms with E-state index in [-0.39, 0.29) is 5.91 Å². The smallest absolute Gasteiger partial charge is 0.237 e. The van der Waals surface area contributed by atoms with E-state index in [0.717, 1.165) is 6.42 Å². The number of carbonyl (C=O) groups is 1. The molecule has 1 aliphatic carbocycles. The number of halogens is 1. The summed E-state index contributed by atoms with van der Waals surface area (Å²) >= 11 is 5.68. The summed E-state index contributed by atoms with van der Waals surface area (Å²) in [5.41, 5.74) is 0. The van der Waals surface area contributed by atoms with Crippen molar-refractivity contribution >= 4 is 17.5 Å². The summed E-state index contributed by atoms with van der Waals surface area (Å²) in [6, 6.07) is 0.349. The molecule has 0 unspecified atom stereocenters. The van der Waals surface area contributed by atoms with Gasteiger partial charge in [0.1, 0.15) is 5.38 Å². The molecule has 0 spiro atoms. The second kappa shape index (κ2) is 4.85. The molecule has 0 radical (unpaired) electrons. The molecule has 2 nitrogen and oxygen atoms in total. The highest BCUT2D eigenvalue weighted by Crippen LogP contribution is 2.23. The Kier molecular flexibility index (Phi) is 4.04. The van der Waals surface area contributed by atoms with E-state index in [0.29, 0.717) is 12.0 Å². The summed E-state index contributed by atoms with van der Waals surface area (Å²) in [7, 11) is 0. The van der Waals surface area contributed by atoms with E-state index >= 15 is 0 Å². The Morgan fingerprint density at radius 3 is 2.62 bits per heavy atom. The van der Waals surface area contributed by atoms with Crippen molar-refractivity contribution in [3.05, 3.63) is 0 Å². The lowest BCUT2D eigenvalue weighted by Gasteiger charge is -2.29. The molecule has 1 N–H and O–H groups in total. The fraction of sp³-hybridized carbons (Fsp3) is 0.900. The second-order valence-corrected chi connectivity index (χ2v) is 4.65. The van der Waals surface area contributed by atoms with E-state index in [9.17, 15) is 4.79 Å². The average molecular weight is 204 g/mol. The van der Waals surface area contributed by atoms with Gasteiger partial charge < -0.3 is 5.32 Å². The minimum Gasteiger partial charge on any atom is -0.352 e. The van der Waals surface area contributed by atoms with Crippen molar-refractivity contribution < 1.29 is 4.79 Å². The van der Waals surface area contributed by atoms with Crippen LogP contribution in [0.2, 0.25) is 0 Å². The molecular weight excluding hydrogens is 186 g/mol. The number of amides is 1. The van der Waals surface area contributed by atoms with Gasteiger partial charge in [-0.25, -0.2) is 0 Å². The fourth-order valence-electron chi connectivity index (χ4n) is 1.83. The molecule has 3 atom stereocenters. The van der Waals surface area contributed by atoms with Gasteiger partial charge in [0.15, 0.2) is 0 Å². The first-order chi connectivity index (χ1) is 6.11. The van der Waals surface area contributed by atoms with E-state index in [4.69, 9.17) is 11.6 Å². The first-order valence-corrected chi connectivity index (χ1v) is 5.49. The van der Waals surface area contributed by atoms with E-state index in [1.807, 2.05) is 0 Å². The predicted octanol–water partition coefficient (Wildman–Crippen LogP) is 2.31. The molecule has 0 aromatic rings. The van der Waals surface area contributed by atoms with Gasteiger partial charge in [-0.05, 0) is 25.7 Å². The van der Waals surface area contributed by atoms with Crippen LogP contribution in [0.1, 0.15) is 39.5 Å². The average Bonchev–Trinajstić information content (AvgIpc) is 2.08. The van der Waals surface area contributed by atoms with Gasteiger partial charge in [-0.15, -0.1) is 11.6 Å². The Morgan fingerprint density at radius 2 is 2.08 bits per heavy atom. The molecule has 0 aliphatic heterocycles. The zero-order chi connectivity index (χ0) is 9.84. The van der Waals surface area contributed by atoms with Crippen LogP contribution in [-0.4, -0.2) is 17.3 Å². The molecule has 0 heterocycles. The Hall–Kier alpha value is -0.240. The SMILES string of the molecule is C[C@@H]1CCCC[C@H]1NC(=O)[C@@H](C)Cl. The fourth-order valence-corrected chi connectivity index (χ4v) is 1.89. The summed E-state index contributed by atoms with van der Waals surface area (Å²) in [4.78, 5) is 11.3. The number of hydrogen-bond acceptors (Lipinski definition) is 1. The largest absolute Gasteiger partial charge is 0.352 e. The summed E-state index contributed by atoms with van der Waals surface area (Å²) in [6.07, 6.45) is 4.86. The highest BCUT2D eigenvalue weighted by Gasteiger charge is 2.23. The minimum atomic E-state index is -0.408. The lowest BCUT2D eigenvalue weighted by molar-refractivity contribution is -0.121. The quantitative estimate of drug-likeness (QED) is 0.686. The first kappa shape index (κ1) is 10.8. The van der Waals surface area contributed by atoms with Crippen molar-refractivity contribution in [3.8, 4) is 0 Å². The minimum absolute atomic E-state index is 0.0274. The van der Waals surface area contributed by atoms with Gasteiger partial charge in [0, 0.05) is 6.04 Å². The van der Waals surface area contributed by atoms with E-state index in [1.54, 1.807) is 6.92 Å². The molecule has 1 amide bonds. The van der Waals surface area contributed by atoms with E-state index in [2.05, 4.69) is 12.2 Å². The van der Waals surface area contributed by atoms with Crippen LogP contribution in [0.5, 0.6) is 0 Å². The molecule has 1 rings (SSSR count). The topological polar surface area (TPSA) is 29.1 Å². The van der Waals surface area contributed by atoms with Gasteiger partial charge in [-0.3, -0.25) is 4.79 Å². The van der Waals surface area contributed by atoms with Crippen LogP contribution in [0.15, 0.2) is 0 Å². The maximum absolute atomic E-state index is 11.3. The van der Waals surface area contributed by atoms with Crippen molar-refractivity contribution in [1.29, 1.82) is 0 Å². The standard InChI is InChI=1S/C10H18ClNO/c1-7-5-3-4-6-9(7)12-10(13)8(2)11/h7-9H,3-6H2,1-2H3,(H,12,13)/t7-,8-,9-/m1/s1. The highest BCUT2D eigenvalue weighted by atomic mass is 35.5. The van der Waals surface area contributed by atoms with Gasteiger partial charge >= 0.3 is 0 Å². The van der Waals surface area contributed by atoms with Crippen LogP contribution in [0.25, 0.3) is 0 Å². The molecule has 0 saturated heterocycles. The Morgan fingerprint density at radius 1 is 1.46 bits per heavy atom. The molecule has 0 bridgehead atoms. The number of rotatable bonds is 2. The summed E-state index contributed by atoms with van der Waals surface area (Å²) in [6.45, 7) is 3.91. The van der Waals surface area contributed by atoms with Crippen molar-refractivity contribution in [2.75, 3.05) is 0 Å².